The monoisotopic (exact) mass is 333 g/mol. The van der Waals surface area contributed by atoms with Gasteiger partial charge in [-0.1, -0.05) is 59.3 Å². The smallest absolute Gasteiger partial charge is 0.277 e. The molecule has 2 aromatic rings. The lowest BCUT2D eigenvalue weighted by molar-refractivity contribution is -0.385. The minimum atomic E-state index is -0.423. The fraction of sp³-hybridized carbons (Fsp3) is 0.133. The molecule has 5 nitrogen and oxygen atoms in total. The van der Waals surface area contributed by atoms with Crippen LogP contribution in [-0.2, 0) is 0 Å². The van der Waals surface area contributed by atoms with Crippen LogP contribution >= 0.6 is 23.4 Å². The van der Waals surface area contributed by atoms with Crippen LogP contribution in [0, 0.1) is 17.0 Å². The lowest BCUT2D eigenvalue weighted by Gasteiger charge is -2.11. The second-order valence-corrected chi connectivity index (χ2v) is 6.34. The zero-order valence-corrected chi connectivity index (χ0v) is 13.2. The molecule has 0 fully saturated rings. The number of hydrazone groups is 1. The van der Waals surface area contributed by atoms with Crippen molar-refractivity contribution in [1.29, 1.82) is 0 Å². The Bertz CT molecular complexity index is 762. The van der Waals surface area contributed by atoms with Gasteiger partial charge in [-0.15, -0.1) is 0 Å². The van der Waals surface area contributed by atoms with Gasteiger partial charge in [0.2, 0.25) is 0 Å². The van der Waals surface area contributed by atoms with E-state index >= 15 is 0 Å². The molecule has 1 aliphatic rings. The summed E-state index contributed by atoms with van der Waals surface area (Å²) in [4.78, 5) is 10.8. The van der Waals surface area contributed by atoms with Gasteiger partial charge in [0.1, 0.15) is 10.4 Å². The summed E-state index contributed by atoms with van der Waals surface area (Å²) in [6.45, 7) is 2.02. The molecule has 1 heterocycles. The Morgan fingerprint density at radius 1 is 1.27 bits per heavy atom. The normalized spacial score (nSPS) is 17.0. The molecule has 0 aromatic heterocycles. The van der Waals surface area contributed by atoms with Crippen LogP contribution in [0.2, 0.25) is 5.02 Å². The van der Waals surface area contributed by atoms with E-state index in [2.05, 4.69) is 10.5 Å². The molecule has 0 bridgehead atoms. The van der Waals surface area contributed by atoms with Gasteiger partial charge in [0.05, 0.1) is 15.5 Å². The van der Waals surface area contributed by atoms with Gasteiger partial charge in [-0.2, -0.15) is 5.10 Å². The van der Waals surface area contributed by atoms with Crippen molar-refractivity contribution >= 4 is 34.1 Å². The Morgan fingerprint density at radius 3 is 2.68 bits per heavy atom. The average Bonchev–Trinajstić information content (AvgIpc) is 2.97. The summed E-state index contributed by atoms with van der Waals surface area (Å²) >= 11 is 7.58. The highest BCUT2D eigenvalue weighted by Gasteiger charge is 2.30. The zero-order chi connectivity index (χ0) is 15.7. The molecule has 0 saturated heterocycles. The highest BCUT2D eigenvalue weighted by atomic mass is 35.5. The number of hydrogen-bond donors (Lipinski definition) is 1. The molecule has 1 atom stereocenters. The van der Waals surface area contributed by atoms with E-state index in [1.165, 1.54) is 23.4 Å². The number of aryl methyl sites for hydroxylation is 1. The first-order valence-electron chi connectivity index (χ1n) is 6.56. The standard InChI is InChI=1S/C15H12ClN3O2S/c1-9-5-7-10(8-6-9)14-17-18-15(22-14)13-11(16)3-2-4-12(13)19(20)21/h2-8,15,18H,1H3/t15-/m0/s1. The second-order valence-electron chi connectivity index (χ2n) is 4.84. The van der Waals surface area contributed by atoms with Crippen molar-refractivity contribution in [3.63, 3.8) is 0 Å². The Kier molecular flexibility index (Phi) is 4.04. The molecular formula is C15H12ClN3O2S. The molecule has 0 amide bonds. The lowest BCUT2D eigenvalue weighted by Crippen LogP contribution is -2.10. The number of rotatable bonds is 3. The maximum atomic E-state index is 11.2. The van der Waals surface area contributed by atoms with Crippen molar-refractivity contribution in [2.45, 2.75) is 12.3 Å². The molecule has 1 aliphatic heterocycles. The SMILES string of the molecule is Cc1ccc(C2=NN[C@H](c3c(Cl)cccc3[N+](=O)[O-])S2)cc1. The van der Waals surface area contributed by atoms with Crippen molar-refractivity contribution in [3.8, 4) is 0 Å². The van der Waals surface area contributed by atoms with Gasteiger partial charge < -0.3 is 0 Å². The topological polar surface area (TPSA) is 67.5 Å². The maximum Gasteiger partial charge on any atom is 0.277 e. The van der Waals surface area contributed by atoms with Gasteiger partial charge in [0.15, 0.2) is 0 Å². The molecule has 2 aromatic carbocycles. The molecule has 7 heteroatoms. The molecule has 0 aliphatic carbocycles. The number of nitrogens with one attached hydrogen (secondary N) is 1. The van der Waals surface area contributed by atoms with Crippen LogP contribution < -0.4 is 5.43 Å². The van der Waals surface area contributed by atoms with E-state index in [0.717, 1.165) is 10.6 Å². The van der Waals surface area contributed by atoms with Crippen LogP contribution in [0.4, 0.5) is 5.69 Å². The predicted octanol–water partition coefficient (Wildman–Crippen LogP) is 4.25. The minimum Gasteiger partial charge on any atom is -0.291 e. The fourth-order valence-electron chi connectivity index (χ4n) is 2.18. The van der Waals surface area contributed by atoms with Crippen LogP contribution in [0.5, 0.6) is 0 Å². The summed E-state index contributed by atoms with van der Waals surface area (Å²) in [6.07, 6.45) is 0. The first-order valence-corrected chi connectivity index (χ1v) is 7.82. The van der Waals surface area contributed by atoms with E-state index in [1.807, 2.05) is 31.2 Å². The first-order chi connectivity index (χ1) is 10.6. The van der Waals surface area contributed by atoms with E-state index < -0.39 is 4.92 Å². The van der Waals surface area contributed by atoms with Gasteiger partial charge in [-0.3, -0.25) is 15.5 Å². The van der Waals surface area contributed by atoms with Crippen molar-refractivity contribution in [1.82, 2.24) is 5.43 Å². The Balaban J connectivity index is 1.89. The molecule has 0 saturated carbocycles. The van der Waals surface area contributed by atoms with E-state index in [-0.39, 0.29) is 11.1 Å². The summed E-state index contributed by atoms with van der Waals surface area (Å²) in [5.74, 6) is 0. The van der Waals surface area contributed by atoms with E-state index in [9.17, 15) is 10.1 Å². The molecule has 0 unspecified atom stereocenters. The summed E-state index contributed by atoms with van der Waals surface area (Å²) in [6, 6.07) is 12.6. The number of nitro benzene ring substituents is 1. The number of nitrogens with zero attached hydrogens (tertiary/aromatic N) is 2. The second kappa shape index (κ2) is 5.98. The highest BCUT2D eigenvalue weighted by molar-refractivity contribution is 8.14. The van der Waals surface area contributed by atoms with E-state index in [1.54, 1.807) is 12.1 Å². The molecule has 3 rings (SSSR count). The number of hydrogen-bond acceptors (Lipinski definition) is 5. The average molecular weight is 334 g/mol. The molecule has 1 N–H and O–H groups in total. The van der Waals surface area contributed by atoms with Gasteiger partial charge >= 0.3 is 0 Å². The summed E-state index contributed by atoms with van der Waals surface area (Å²) < 4.78 is 0. The summed E-state index contributed by atoms with van der Waals surface area (Å²) in [5.41, 5.74) is 5.52. The number of benzene rings is 2. The summed E-state index contributed by atoms with van der Waals surface area (Å²) in [7, 11) is 0. The summed E-state index contributed by atoms with van der Waals surface area (Å²) in [5, 5.41) is 16.3. The Hall–Kier alpha value is -2.05. The number of nitro groups is 1. The van der Waals surface area contributed by atoms with Crippen molar-refractivity contribution < 1.29 is 4.92 Å². The quantitative estimate of drug-likeness (QED) is 0.673. The fourth-order valence-corrected chi connectivity index (χ4v) is 3.59. The first kappa shape index (κ1) is 14.9. The van der Waals surface area contributed by atoms with Crippen LogP contribution in [0.1, 0.15) is 22.1 Å². The van der Waals surface area contributed by atoms with Crippen LogP contribution in [0.15, 0.2) is 47.6 Å². The van der Waals surface area contributed by atoms with Gasteiger partial charge in [0, 0.05) is 11.6 Å². The largest absolute Gasteiger partial charge is 0.291 e. The molecule has 0 spiro atoms. The van der Waals surface area contributed by atoms with E-state index in [0.29, 0.717) is 10.6 Å². The molecule has 22 heavy (non-hydrogen) atoms. The van der Waals surface area contributed by atoms with Gasteiger partial charge in [-0.25, -0.2) is 0 Å². The highest BCUT2D eigenvalue weighted by Crippen LogP contribution is 2.41. The van der Waals surface area contributed by atoms with Crippen molar-refractivity contribution in [2.75, 3.05) is 0 Å². The van der Waals surface area contributed by atoms with E-state index in [4.69, 9.17) is 11.6 Å². The Morgan fingerprint density at radius 2 is 2.00 bits per heavy atom. The van der Waals surface area contributed by atoms with Crippen LogP contribution in [0.25, 0.3) is 0 Å². The van der Waals surface area contributed by atoms with Crippen LogP contribution in [0.3, 0.4) is 0 Å². The van der Waals surface area contributed by atoms with Crippen molar-refractivity contribution in [2.24, 2.45) is 5.10 Å². The zero-order valence-electron chi connectivity index (χ0n) is 11.6. The molecule has 0 radical (unpaired) electrons. The van der Waals surface area contributed by atoms with Crippen molar-refractivity contribution in [3.05, 3.63) is 74.3 Å². The predicted molar refractivity (Wildman–Crippen MR) is 89.3 cm³/mol. The lowest BCUT2D eigenvalue weighted by atomic mass is 10.2. The third-order valence-corrected chi connectivity index (χ3v) is 4.76. The number of thioether (sulfide) groups is 1. The molecule has 112 valence electrons. The minimum absolute atomic E-state index is 0.00199. The third-order valence-electron chi connectivity index (χ3n) is 3.30. The number of halogens is 1. The van der Waals surface area contributed by atoms with Crippen LogP contribution in [-0.4, -0.2) is 9.97 Å². The Labute approximate surface area is 136 Å². The van der Waals surface area contributed by atoms with Gasteiger partial charge in [0.25, 0.3) is 5.69 Å². The maximum absolute atomic E-state index is 11.2. The molecular weight excluding hydrogens is 322 g/mol. The van der Waals surface area contributed by atoms with Gasteiger partial charge in [-0.05, 0) is 13.0 Å². The third kappa shape index (κ3) is 2.80.